The molecule has 0 aliphatic heterocycles. The second kappa shape index (κ2) is 14.2. The first-order chi connectivity index (χ1) is 31.2. The van der Waals surface area contributed by atoms with Gasteiger partial charge in [0.15, 0.2) is 0 Å². The van der Waals surface area contributed by atoms with Crippen LogP contribution in [0.3, 0.4) is 0 Å². The molecule has 4 aromatic heterocycles. The third-order valence-electron chi connectivity index (χ3n) is 14.9. The van der Waals surface area contributed by atoms with E-state index in [1.807, 2.05) is 0 Å². The molecule has 0 spiro atoms. The lowest BCUT2D eigenvalue weighted by molar-refractivity contribution is 0.590. The van der Waals surface area contributed by atoms with Crippen molar-refractivity contribution in [2.24, 2.45) is 0 Å². The Bertz CT molecular complexity index is 3890. The van der Waals surface area contributed by atoms with Crippen molar-refractivity contribution in [1.82, 2.24) is 14.4 Å². The Morgan fingerprint density at radius 1 is 0.343 bits per heavy atom. The summed E-state index contributed by atoms with van der Waals surface area (Å²) in [5.41, 5.74) is 19.7. The third-order valence-corrected chi connectivity index (χ3v) is 16.2. The molecule has 0 radical (unpaired) electrons. The number of H-pyrrole nitrogens is 2. The van der Waals surface area contributed by atoms with Crippen molar-refractivity contribution >= 4 is 114 Å². The SMILES string of the molecule is CC(C)(C)c1ccc2[nH]c3c(-c4c(Br)ccc(Br)c4-c4cc(C(C)(C)C)cc5c4[nH]c4cc6c7cc(C(C)(C)C)cc8c9cc(C(C)(C)C)ccc9n(c6cc45)c87)cc(C(C)(C)C)cc3c2c1. The molecule has 0 atom stereocenters. The Morgan fingerprint density at radius 3 is 1.22 bits per heavy atom. The first-order valence-corrected chi connectivity index (χ1v) is 25.6. The van der Waals surface area contributed by atoms with E-state index in [1.165, 1.54) is 110 Å². The topological polar surface area (TPSA) is 36.0 Å². The normalized spacial score (nSPS) is 13.7. The molecule has 0 unspecified atom stereocenters. The van der Waals surface area contributed by atoms with E-state index in [1.54, 1.807) is 0 Å². The standard InChI is InChI=1S/C62H63Br2N3/c1-58(2,3)32-16-20-49-37(22-32)41-24-34(60(7,8)9)28-45(55(41)65-49)53-47(63)18-19-48(64)54(53)46-29-35(61(10,11)12)25-42-38-31-52-40(30-50(38)66-56(42)46)44-27-36(62(13,14)15)26-43-39-23-33(59(4,5)6)17-21-51(39)67(52)57(43)44/h16-31,65-66H,1-15H3. The van der Waals surface area contributed by atoms with E-state index < -0.39 is 0 Å². The number of benzene rings is 7. The number of hydrogen-bond acceptors (Lipinski definition) is 0. The maximum Gasteiger partial charge on any atom is 0.0620 e. The van der Waals surface area contributed by atoms with Gasteiger partial charge in [0, 0.05) is 85.3 Å². The van der Waals surface area contributed by atoms with E-state index in [4.69, 9.17) is 0 Å². The highest BCUT2D eigenvalue weighted by atomic mass is 79.9. The summed E-state index contributed by atoms with van der Waals surface area (Å²) in [6, 6.07) is 38.2. The van der Waals surface area contributed by atoms with E-state index in [2.05, 4.69) is 247 Å². The summed E-state index contributed by atoms with van der Waals surface area (Å²) >= 11 is 8.38. The van der Waals surface area contributed by atoms with E-state index >= 15 is 0 Å². The van der Waals surface area contributed by atoms with Gasteiger partial charge in [0.05, 0.1) is 27.6 Å². The quantitative estimate of drug-likeness (QED) is 0.173. The fraction of sp³-hybridized carbons (Fsp3) is 0.323. The molecule has 2 N–H and O–H groups in total. The van der Waals surface area contributed by atoms with Crippen LogP contribution in [-0.4, -0.2) is 14.4 Å². The van der Waals surface area contributed by atoms with Crippen LogP contribution in [0.4, 0.5) is 0 Å². The Morgan fingerprint density at radius 2 is 0.731 bits per heavy atom. The molecule has 0 aliphatic carbocycles. The van der Waals surface area contributed by atoms with Gasteiger partial charge in [-0.3, -0.25) is 0 Å². The largest absolute Gasteiger partial charge is 0.354 e. The molecule has 7 aromatic carbocycles. The summed E-state index contributed by atoms with van der Waals surface area (Å²) in [5, 5.41) is 10.3. The summed E-state index contributed by atoms with van der Waals surface area (Å²) in [4.78, 5) is 8.05. The van der Waals surface area contributed by atoms with Gasteiger partial charge in [-0.1, -0.05) is 148 Å². The zero-order chi connectivity index (χ0) is 47.8. The van der Waals surface area contributed by atoms with Crippen LogP contribution in [0.5, 0.6) is 0 Å². The number of nitrogens with zero attached hydrogens (tertiary/aromatic N) is 1. The second-order valence-electron chi connectivity index (χ2n) is 24.8. The molecule has 67 heavy (non-hydrogen) atoms. The average molecular weight is 1010 g/mol. The number of nitrogens with one attached hydrogen (secondary N) is 2. The number of aromatic nitrogens is 3. The highest BCUT2D eigenvalue weighted by molar-refractivity contribution is 9.11. The fourth-order valence-corrected chi connectivity index (χ4v) is 11.8. The fourth-order valence-electron chi connectivity index (χ4n) is 10.7. The van der Waals surface area contributed by atoms with E-state index in [9.17, 15) is 0 Å². The molecule has 4 heterocycles. The molecule has 340 valence electrons. The molecule has 0 bridgehead atoms. The van der Waals surface area contributed by atoms with Crippen molar-refractivity contribution in [3.8, 4) is 22.3 Å². The van der Waals surface area contributed by atoms with Crippen LogP contribution in [0, 0.1) is 0 Å². The Hall–Kier alpha value is -5.10. The Balaban J connectivity index is 1.25. The minimum Gasteiger partial charge on any atom is -0.354 e. The Kier molecular flexibility index (Phi) is 9.43. The molecule has 11 aromatic rings. The van der Waals surface area contributed by atoms with E-state index in [0.717, 1.165) is 31.0 Å². The smallest absolute Gasteiger partial charge is 0.0620 e. The number of hydrogen-bond donors (Lipinski definition) is 2. The Labute approximate surface area is 412 Å². The predicted molar refractivity (Wildman–Crippen MR) is 300 cm³/mol. The van der Waals surface area contributed by atoms with Gasteiger partial charge in [-0.15, -0.1) is 0 Å². The zero-order valence-electron chi connectivity index (χ0n) is 41.9. The van der Waals surface area contributed by atoms with Crippen molar-refractivity contribution in [1.29, 1.82) is 0 Å². The van der Waals surface area contributed by atoms with Gasteiger partial charge >= 0.3 is 0 Å². The van der Waals surface area contributed by atoms with Crippen LogP contribution in [0.25, 0.3) is 104 Å². The van der Waals surface area contributed by atoms with Crippen LogP contribution in [0.1, 0.15) is 132 Å². The minimum absolute atomic E-state index is 0.0117. The van der Waals surface area contributed by atoms with Gasteiger partial charge in [0.25, 0.3) is 0 Å². The lowest BCUT2D eigenvalue weighted by Crippen LogP contribution is -2.12. The van der Waals surface area contributed by atoms with Crippen LogP contribution in [0.2, 0.25) is 0 Å². The maximum atomic E-state index is 4.20. The van der Waals surface area contributed by atoms with Crippen molar-refractivity contribution in [2.45, 2.75) is 131 Å². The number of rotatable bonds is 2. The molecule has 0 saturated carbocycles. The van der Waals surface area contributed by atoms with Crippen molar-refractivity contribution in [3.63, 3.8) is 0 Å². The minimum atomic E-state index is -0.115. The summed E-state index contributed by atoms with van der Waals surface area (Å²) in [6.07, 6.45) is 0. The third kappa shape index (κ3) is 6.83. The van der Waals surface area contributed by atoms with Crippen LogP contribution < -0.4 is 0 Å². The highest BCUT2D eigenvalue weighted by Gasteiger charge is 2.29. The molecule has 3 nitrogen and oxygen atoms in total. The summed E-state index contributed by atoms with van der Waals surface area (Å²) in [5.74, 6) is 0. The first-order valence-electron chi connectivity index (χ1n) is 24.1. The molecule has 0 amide bonds. The molecule has 0 saturated heterocycles. The summed E-state index contributed by atoms with van der Waals surface area (Å²) in [7, 11) is 0. The molecule has 5 heteroatoms. The number of fused-ring (bicyclic) bond motifs is 12. The molecular weight excluding hydrogens is 947 g/mol. The van der Waals surface area contributed by atoms with Gasteiger partial charge < -0.3 is 14.4 Å². The van der Waals surface area contributed by atoms with Gasteiger partial charge in [-0.25, -0.2) is 0 Å². The lowest BCUT2D eigenvalue weighted by atomic mass is 9.81. The lowest BCUT2D eigenvalue weighted by Gasteiger charge is -2.24. The zero-order valence-corrected chi connectivity index (χ0v) is 45.1. The van der Waals surface area contributed by atoms with Crippen LogP contribution in [0.15, 0.2) is 106 Å². The van der Waals surface area contributed by atoms with Gasteiger partial charge in [-0.2, -0.15) is 0 Å². The average Bonchev–Trinajstić information content (AvgIpc) is 3.97. The van der Waals surface area contributed by atoms with Crippen LogP contribution >= 0.6 is 31.9 Å². The van der Waals surface area contributed by atoms with Crippen molar-refractivity contribution < 1.29 is 0 Å². The van der Waals surface area contributed by atoms with Crippen LogP contribution in [-0.2, 0) is 27.1 Å². The van der Waals surface area contributed by atoms with Gasteiger partial charge in [-0.05, 0) is 140 Å². The first kappa shape index (κ1) is 44.4. The van der Waals surface area contributed by atoms with Gasteiger partial charge in [0.2, 0.25) is 0 Å². The van der Waals surface area contributed by atoms with Gasteiger partial charge in [0.1, 0.15) is 0 Å². The molecule has 11 rings (SSSR count). The molecular formula is C62H63Br2N3. The second-order valence-corrected chi connectivity index (χ2v) is 26.5. The van der Waals surface area contributed by atoms with E-state index in [0.29, 0.717) is 0 Å². The number of halogens is 2. The monoisotopic (exact) mass is 1010 g/mol. The number of aromatic amines is 2. The predicted octanol–water partition coefficient (Wildman–Crippen LogP) is 19.5. The summed E-state index contributed by atoms with van der Waals surface area (Å²) in [6.45, 7) is 34.9. The summed E-state index contributed by atoms with van der Waals surface area (Å²) < 4.78 is 4.67. The maximum absolute atomic E-state index is 4.20. The highest BCUT2D eigenvalue weighted by Crippen LogP contribution is 2.51. The molecule has 0 fully saturated rings. The molecule has 0 aliphatic rings. The van der Waals surface area contributed by atoms with Crippen molar-refractivity contribution in [2.75, 3.05) is 0 Å². The van der Waals surface area contributed by atoms with Crippen molar-refractivity contribution in [3.05, 3.63) is 134 Å². The van der Waals surface area contributed by atoms with E-state index in [-0.39, 0.29) is 27.1 Å².